The normalized spacial score (nSPS) is 14.2. The Hall–Kier alpha value is -3.17. The Balaban J connectivity index is 2.10. The molecule has 0 spiro atoms. The first kappa shape index (κ1) is 16.2. The van der Waals surface area contributed by atoms with Crippen molar-refractivity contribution in [2.24, 2.45) is 0 Å². The second kappa shape index (κ2) is 6.30. The number of nitrogens with zero attached hydrogens (tertiary/aromatic N) is 3. The number of nitrogens with one attached hydrogen (secondary N) is 1. The van der Waals surface area contributed by atoms with Gasteiger partial charge in [0, 0.05) is 13.1 Å². The van der Waals surface area contributed by atoms with E-state index in [4.69, 9.17) is 4.74 Å². The SMILES string of the molecule is COc1cc([N+](=O)[O-])ccc1NC(=O)CN1C(=O)CN(C)C1=O. The van der Waals surface area contributed by atoms with Crippen molar-refractivity contribution in [3.05, 3.63) is 28.3 Å². The molecule has 1 saturated heterocycles. The van der Waals surface area contributed by atoms with E-state index in [1.807, 2.05) is 0 Å². The highest BCUT2D eigenvalue weighted by Crippen LogP contribution is 2.29. The number of nitro benzene ring substituents is 1. The largest absolute Gasteiger partial charge is 0.494 e. The van der Waals surface area contributed by atoms with Crippen LogP contribution in [0.2, 0.25) is 0 Å². The number of urea groups is 1. The molecule has 1 aliphatic heterocycles. The molecule has 10 heteroatoms. The highest BCUT2D eigenvalue weighted by molar-refractivity contribution is 6.06. The quantitative estimate of drug-likeness (QED) is 0.477. The Bertz CT molecular complexity index is 689. The van der Waals surface area contributed by atoms with Crippen LogP contribution in [0.1, 0.15) is 0 Å². The van der Waals surface area contributed by atoms with E-state index in [2.05, 4.69) is 5.32 Å². The molecular formula is C13H14N4O6. The predicted molar refractivity (Wildman–Crippen MR) is 78.0 cm³/mol. The van der Waals surface area contributed by atoms with Gasteiger partial charge in [-0.15, -0.1) is 0 Å². The fourth-order valence-electron chi connectivity index (χ4n) is 2.05. The number of non-ortho nitro benzene ring substituents is 1. The van der Waals surface area contributed by atoms with Crippen molar-refractivity contribution in [1.82, 2.24) is 9.80 Å². The molecule has 1 aromatic carbocycles. The molecule has 0 unspecified atom stereocenters. The van der Waals surface area contributed by atoms with E-state index in [-0.39, 0.29) is 23.7 Å². The molecule has 4 amide bonds. The van der Waals surface area contributed by atoms with Gasteiger partial charge < -0.3 is 15.0 Å². The lowest BCUT2D eigenvalue weighted by Gasteiger charge is -2.15. The van der Waals surface area contributed by atoms with Crippen LogP contribution >= 0.6 is 0 Å². The van der Waals surface area contributed by atoms with Crippen LogP contribution < -0.4 is 10.1 Å². The molecule has 0 aromatic heterocycles. The molecule has 0 atom stereocenters. The number of rotatable bonds is 5. The summed E-state index contributed by atoms with van der Waals surface area (Å²) in [4.78, 5) is 47.4. The smallest absolute Gasteiger partial charge is 0.327 e. The number of methoxy groups -OCH3 is 1. The van der Waals surface area contributed by atoms with Crippen LogP contribution in [0.25, 0.3) is 0 Å². The number of ether oxygens (including phenoxy) is 1. The molecule has 0 aliphatic carbocycles. The summed E-state index contributed by atoms with van der Waals surface area (Å²) in [6.07, 6.45) is 0. The van der Waals surface area contributed by atoms with Crippen LogP contribution in [-0.2, 0) is 9.59 Å². The highest BCUT2D eigenvalue weighted by atomic mass is 16.6. The van der Waals surface area contributed by atoms with Crippen LogP contribution in [0.3, 0.4) is 0 Å². The summed E-state index contributed by atoms with van der Waals surface area (Å²) in [5, 5.41) is 13.2. The number of likely N-dealkylation sites (N-methyl/N-ethyl adjacent to an activating group) is 1. The van der Waals surface area contributed by atoms with E-state index < -0.39 is 29.3 Å². The first-order valence-electron chi connectivity index (χ1n) is 6.51. The van der Waals surface area contributed by atoms with E-state index in [9.17, 15) is 24.5 Å². The molecule has 1 N–H and O–H groups in total. The van der Waals surface area contributed by atoms with E-state index in [1.54, 1.807) is 0 Å². The fraction of sp³-hybridized carbons (Fsp3) is 0.308. The number of hydrogen-bond donors (Lipinski definition) is 1. The Morgan fingerprint density at radius 2 is 2.13 bits per heavy atom. The summed E-state index contributed by atoms with van der Waals surface area (Å²) in [7, 11) is 2.76. The van der Waals surface area contributed by atoms with Crippen molar-refractivity contribution in [2.45, 2.75) is 0 Å². The van der Waals surface area contributed by atoms with E-state index in [0.29, 0.717) is 0 Å². The molecule has 10 nitrogen and oxygen atoms in total. The van der Waals surface area contributed by atoms with Crippen LogP contribution in [0, 0.1) is 10.1 Å². The standard InChI is InChI=1S/C13H14N4O6/c1-15-7-12(19)16(13(15)20)6-11(18)14-9-4-3-8(17(21)22)5-10(9)23-2/h3-5H,6-7H2,1-2H3,(H,14,18). The van der Waals surface area contributed by atoms with Crippen molar-refractivity contribution in [1.29, 1.82) is 0 Å². The number of carbonyl (C=O) groups is 3. The maximum absolute atomic E-state index is 12.0. The van der Waals surface area contributed by atoms with Crippen molar-refractivity contribution in [2.75, 3.05) is 32.6 Å². The first-order chi connectivity index (χ1) is 10.8. The number of carbonyl (C=O) groups excluding carboxylic acids is 3. The minimum Gasteiger partial charge on any atom is -0.494 e. The maximum atomic E-state index is 12.0. The number of hydrogen-bond acceptors (Lipinski definition) is 6. The van der Waals surface area contributed by atoms with Gasteiger partial charge in [0.25, 0.3) is 11.6 Å². The molecule has 0 radical (unpaired) electrons. The van der Waals surface area contributed by atoms with E-state index in [1.165, 1.54) is 31.2 Å². The average Bonchev–Trinajstić information content (AvgIpc) is 2.73. The molecule has 122 valence electrons. The van der Waals surface area contributed by atoms with Gasteiger partial charge in [-0.25, -0.2) is 4.79 Å². The van der Waals surface area contributed by atoms with Gasteiger partial charge in [0.1, 0.15) is 18.8 Å². The van der Waals surface area contributed by atoms with Gasteiger partial charge in [-0.3, -0.25) is 24.6 Å². The lowest BCUT2D eigenvalue weighted by Crippen LogP contribution is -2.38. The molecule has 1 aliphatic rings. The number of nitro groups is 1. The number of amides is 4. The lowest BCUT2D eigenvalue weighted by atomic mass is 10.2. The number of imide groups is 1. The molecule has 1 aromatic rings. The lowest BCUT2D eigenvalue weighted by molar-refractivity contribution is -0.384. The van der Waals surface area contributed by atoms with Crippen LogP contribution in [0.5, 0.6) is 5.75 Å². The van der Waals surface area contributed by atoms with E-state index >= 15 is 0 Å². The predicted octanol–water partition coefficient (Wildman–Crippen LogP) is 0.436. The fourth-order valence-corrected chi connectivity index (χ4v) is 2.05. The summed E-state index contributed by atoms with van der Waals surface area (Å²) in [5.41, 5.74) is 0.0157. The zero-order valence-electron chi connectivity index (χ0n) is 12.4. The minimum atomic E-state index is -0.617. The minimum absolute atomic E-state index is 0.0764. The van der Waals surface area contributed by atoms with Crippen LogP contribution in [-0.4, -0.2) is 59.8 Å². The number of anilines is 1. The van der Waals surface area contributed by atoms with Crippen LogP contribution in [0.15, 0.2) is 18.2 Å². The van der Waals surface area contributed by atoms with Gasteiger partial charge in [0.2, 0.25) is 5.91 Å². The zero-order valence-corrected chi connectivity index (χ0v) is 12.4. The maximum Gasteiger partial charge on any atom is 0.327 e. The summed E-state index contributed by atoms with van der Waals surface area (Å²) in [6, 6.07) is 3.13. The summed E-state index contributed by atoms with van der Waals surface area (Å²) >= 11 is 0. The van der Waals surface area contributed by atoms with Crippen LogP contribution in [0.4, 0.5) is 16.2 Å². The zero-order chi connectivity index (χ0) is 17.1. The molecule has 0 bridgehead atoms. The molecule has 2 rings (SSSR count). The Morgan fingerprint density at radius 3 is 2.65 bits per heavy atom. The van der Waals surface area contributed by atoms with Gasteiger partial charge in [0.15, 0.2) is 0 Å². The molecule has 0 saturated carbocycles. The molecule has 23 heavy (non-hydrogen) atoms. The topological polar surface area (TPSA) is 122 Å². The second-order valence-electron chi connectivity index (χ2n) is 4.81. The molecule has 1 heterocycles. The monoisotopic (exact) mass is 322 g/mol. The van der Waals surface area contributed by atoms with Crippen molar-refractivity contribution < 1.29 is 24.0 Å². The van der Waals surface area contributed by atoms with Crippen molar-refractivity contribution >= 4 is 29.2 Å². The molecular weight excluding hydrogens is 308 g/mol. The highest BCUT2D eigenvalue weighted by Gasteiger charge is 2.34. The molecule has 1 fully saturated rings. The van der Waals surface area contributed by atoms with Gasteiger partial charge in [-0.05, 0) is 6.07 Å². The summed E-state index contributed by atoms with van der Waals surface area (Å²) in [5.74, 6) is -0.985. The van der Waals surface area contributed by atoms with Gasteiger partial charge in [0.05, 0.1) is 23.8 Å². The average molecular weight is 322 g/mol. The van der Waals surface area contributed by atoms with Crippen molar-refractivity contribution in [3.8, 4) is 5.75 Å². The van der Waals surface area contributed by atoms with Gasteiger partial charge in [-0.2, -0.15) is 0 Å². The third-order valence-electron chi connectivity index (χ3n) is 3.20. The van der Waals surface area contributed by atoms with Gasteiger partial charge >= 0.3 is 6.03 Å². The Labute approximate surface area is 130 Å². The summed E-state index contributed by atoms with van der Waals surface area (Å²) < 4.78 is 4.99. The van der Waals surface area contributed by atoms with Gasteiger partial charge in [-0.1, -0.05) is 0 Å². The Kier molecular flexibility index (Phi) is 4.44. The first-order valence-corrected chi connectivity index (χ1v) is 6.51. The van der Waals surface area contributed by atoms with E-state index in [0.717, 1.165) is 11.0 Å². The van der Waals surface area contributed by atoms with Crippen molar-refractivity contribution in [3.63, 3.8) is 0 Å². The third-order valence-corrected chi connectivity index (χ3v) is 3.20. The Morgan fingerprint density at radius 1 is 1.43 bits per heavy atom. The second-order valence-corrected chi connectivity index (χ2v) is 4.81. The summed E-state index contributed by atoms with van der Waals surface area (Å²) in [6.45, 7) is -0.519. The number of benzene rings is 1. The third kappa shape index (κ3) is 3.36.